The van der Waals surface area contributed by atoms with Crippen LogP contribution < -0.4 is 5.32 Å². The van der Waals surface area contributed by atoms with Gasteiger partial charge in [-0.1, -0.05) is 30.9 Å². The Balaban J connectivity index is 1.75. The number of morpholine rings is 1. The fourth-order valence-electron chi connectivity index (χ4n) is 3.67. The van der Waals surface area contributed by atoms with E-state index in [1.165, 1.54) is 0 Å². The number of nitrogens with zero attached hydrogens (tertiary/aromatic N) is 2. The number of para-hydroxylation sites is 1. The van der Waals surface area contributed by atoms with Crippen LogP contribution in [0.1, 0.15) is 17.3 Å². The highest BCUT2D eigenvalue weighted by atomic mass is 16.5. The van der Waals surface area contributed by atoms with Gasteiger partial charge in [-0.3, -0.25) is 4.79 Å². The van der Waals surface area contributed by atoms with Crippen molar-refractivity contribution in [2.24, 2.45) is 0 Å². The minimum absolute atomic E-state index is 0.216. The summed E-state index contributed by atoms with van der Waals surface area (Å²) in [5.41, 5.74) is 3.45. The predicted octanol–water partition coefficient (Wildman–Crippen LogP) is 4.53. The van der Waals surface area contributed by atoms with E-state index in [9.17, 15) is 4.79 Å². The first-order chi connectivity index (χ1) is 15.2. The minimum Gasteiger partial charge on any atom is -0.463 e. The molecule has 1 fully saturated rings. The molecule has 1 aromatic carbocycles. The van der Waals surface area contributed by atoms with Crippen molar-refractivity contribution >= 4 is 16.8 Å². The third-order valence-corrected chi connectivity index (χ3v) is 5.14. The van der Waals surface area contributed by atoms with Gasteiger partial charge in [0.2, 0.25) is 0 Å². The van der Waals surface area contributed by atoms with Gasteiger partial charge in [-0.05, 0) is 43.3 Å². The average molecular weight is 415 g/mol. The molecular formula is C25H25N3O3. The van der Waals surface area contributed by atoms with E-state index in [0.717, 1.165) is 29.7 Å². The molecule has 6 heteroatoms. The van der Waals surface area contributed by atoms with Gasteiger partial charge in [-0.2, -0.15) is 0 Å². The van der Waals surface area contributed by atoms with E-state index in [2.05, 4.69) is 21.8 Å². The summed E-state index contributed by atoms with van der Waals surface area (Å²) in [6.07, 6.45) is 7.16. The molecule has 6 nitrogen and oxygen atoms in total. The van der Waals surface area contributed by atoms with Crippen LogP contribution in [0.5, 0.6) is 0 Å². The fourth-order valence-corrected chi connectivity index (χ4v) is 3.67. The van der Waals surface area contributed by atoms with Crippen molar-refractivity contribution in [3.8, 4) is 11.5 Å². The third-order valence-electron chi connectivity index (χ3n) is 5.14. The van der Waals surface area contributed by atoms with Gasteiger partial charge in [0.05, 0.1) is 42.0 Å². The van der Waals surface area contributed by atoms with Gasteiger partial charge in [0.1, 0.15) is 5.69 Å². The number of allylic oxidation sites excluding steroid dienone is 3. The molecule has 0 saturated carbocycles. The monoisotopic (exact) mass is 415 g/mol. The van der Waals surface area contributed by atoms with E-state index in [1.54, 1.807) is 24.5 Å². The largest absolute Gasteiger partial charge is 0.463 e. The molecule has 1 amide bonds. The number of hydrogen-bond acceptors (Lipinski definition) is 5. The van der Waals surface area contributed by atoms with Crippen molar-refractivity contribution in [3.63, 3.8) is 0 Å². The molecule has 0 radical (unpaired) electrons. The SMILES string of the molecule is C=C/C(=C(\C=C/C)NC(=O)c1cc(-c2ccco2)nc2ccccc12)N1CCOCC1. The Kier molecular flexibility index (Phi) is 6.29. The fraction of sp³-hybridized carbons (Fsp3) is 0.200. The zero-order chi connectivity index (χ0) is 21.6. The summed E-state index contributed by atoms with van der Waals surface area (Å²) in [5.74, 6) is 0.399. The summed E-state index contributed by atoms with van der Waals surface area (Å²) in [7, 11) is 0. The smallest absolute Gasteiger partial charge is 0.256 e. The van der Waals surface area contributed by atoms with Gasteiger partial charge in [0.25, 0.3) is 5.91 Å². The highest BCUT2D eigenvalue weighted by molar-refractivity contribution is 6.07. The Morgan fingerprint density at radius 2 is 2.00 bits per heavy atom. The molecule has 1 aliphatic heterocycles. The molecule has 3 heterocycles. The maximum Gasteiger partial charge on any atom is 0.256 e. The lowest BCUT2D eigenvalue weighted by molar-refractivity contribution is 0.0548. The lowest BCUT2D eigenvalue weighted by Crippen LogP contribution is -2.37. The van der Waals surface area contributed by atoms with E-state index < -0.39 is 0 Å². The van der Waals surface area contributed by atoms with Crippen LogP contribution in [-0.4, -0.2) is 42.1 Å². The van der Waals surface area contributed by atoms with E-state index in [-0.39, 0.29) is 5.91 Å². The Labute approximate surface area is 181 Å². The molecule has 4 rings (SSSR count). The van der Waals surface area contributed by atoms with Crippen LogP contribution in [0.15, 0.2) is 89.3 Å². The van der Waals surface area contributed by atoms with Gasteiger partial charge in [0, 0.05) is 18.5 Å². The number of ether oxygens (including phenoxy) is 1. The number of amides is 1. The number of pyridine rings is 1. The third kappa shape index (κ3) is 4.44. The standard InChI is InChI=1S/C25H25N3O3/c1-3-8-21(23(4-2)28-12-15-30-16-13-28)27-25(29)19-17-22(24-11-7-14-31-24)26-20-10-6-5-9-18(19)20/h3-11,14,17H,2,12-13,15-16H2,1H3,(H,27,29)/b8-3-,23-21-. The molecular weight excluding hydrogens is 390 g/mol. The Morgan fingerprint density at radius 1 is 1.19 bits per heavy atom. The highest BCUT2D eigenvalue weighted by Gasteiger charge is 2.19. The zero-order valence-electron chi connectivity index (χ0n) is 17.5. The molecule has 158 valence electrons. The molecule has 0 unspecified atom stereocenters. The second kappa shape index (κ2) is 9.45. The minimum atomic E-state index is -0.216. The number of fused-ring (bicyclic) bond motifs is 1. The van der Waals surface area contributed by atoms with Crippen molar-refractivity contribution in [1.29, 1.82) is 0 Å². The summed E-state index contributed by atoms with van der Waals surface area (Å²) in [4.78, 5) is 20.3. The first-order valence-corrected chi connectivity index (χ1v) is 10.3. The summed E-state index contributed by atoms with van der Waals surface area (Å²) in [5, 5.41) is 3.87. The number of furan rings is 1. The molecule has 31 heavy (non-hydrogen) atoms. The zero-order valence-corrected chi connectivity index (χ0v) is 17.5. The topological polar surface area (TPSA) is 67.6 Å². The van der Waals surface area contributed by atoms with Crippen molar-refractivity contribution in [1.82, 2.24) is 15.2 Å². The van der Waals surface area contributed by atoms with E-state index in [0.29, 0.717) is 35.9 Å². The van der Waals surface area contributed by atoms with Crippen molar-refractivity contribution in [3.05, 3.63) is 90.5 Å². The van der Waals surface area contributed by atoms with E-state index >= 15 is 0 Å². The number of rotatable bonds is 6. The number of carbonyl (C=O) groups is 1. The number of aromatic nitrogens is 1. The average Bonchev–Trinajstić information content (AvgIpc) is 3.35. The van der Waals surface area contributed by atoms with Crippen molar-refractivity contribution in [2.45, 2.75) is 6.92 Å². The molecule has 0 bridgehead atoms. The van der Waals surface area contributed by atoms with Crippen LogP contribution in [0.3, 0.4) is 0 Å². The molecule has 3 aromatic rings. The summed E-state index contributed by atoms with van der Waals surface area (Å²) in [6, 6.07) is 13.0. The summed E-state index contributed by atoms with van der Waals surface area (Å²) >= 11 is 0. The molecule has 0 atom stereocenters. The molecule has 1 N–H and O–H groups in total. The van der Waals surface area contributed by atoms with Crippen LogP contribution >= 0.6 is 0 Å². The maximum absolute atomic E-state index is 13.5. The van der Waals surface area contributed by atoms with Gasteiger partial charge >= 0.3 is 0 Å². The van der Waals surface area contributed by atoms with Gasteiger partial charge in [-0.15, -0.1) is 0 Å². The van der Waals surface area contributed by atoms with Crippen molar-refractivity contribution in [2.75, 3.05) is 26.3 Å². The lowest BCUT2D eigenvalue weighted by atomic mass is 10.1. The van der Waals surface area contributed by atoms with Gasteiger partial charge in [0.15, 0.2) is 5.76 Å². The molecule has 1 saturated heterocycles. The predicted molar refractivity (Wildman–Crippen MR) is 121 cm³/mol. The normalized spacial score (nSPS) is 15.2. The van der Waals surface area contributed by atoms with Crippen LogP contribution in [0.25, 0.3) is 22.4 Å². The lowest BCUT2D eigenvalue weighted by Gasteiger charge is -2.31. The maximum atomic E-state index is 13.5. The number of benzene rings is 1. The van der Waals surface area contributed by atoms with Crippen molar-refractivity contribution < 1.29 is 13.9 Å². The Bertz CT molecular complexity index is 1140. The summed E-state index contributed by atoms with van der Waals surface area (Å²) < 4.78 is 11.0. The van der Waals surface area contributed by atoms with Gasteiger partial charge in [-0.25, -0.2) is 4.98 Å². The van der Waals surface area contributed by atoms with E-state index in [1.807, 2.05) is 49.4 Å². The highest BCUT2D eigenvalue weighted by Crippen LogP contribution is 2.25. The quantitative estimate of drug-likeness (QED) is 0.599. The van der Waals surface area contributed by atoms with E-state index in [4.69, 9.17) is 9.15 Å². The van der Waals surface area contributed by atoms with Crippen LogP contribution in [0.4, 0.5) is 0 Å². The van der Waals surface area contributed by atoms with Crippen LogP contribution in [-0.2, 0) is 4.74 Å². The molecule has 2 aromatic heterocycles. The summed E-state index contributed by atoms with van der Waals surface area (Å²) in [6.45, 7) is 8.68. The number of hydrogen-bond donors (Lipinski definition) is 1. The number of carbonyl (C=O) groups excluding carboxylic acids is 1. The first kappa shape index (κ1) is 20.6. The molecule has 0 spiro atoms. The van der Waals surface area contributed by atoms with Gasteiger partial charge < -0.3 is 19.4 Å². The van der Waals surface area contributed by atoms with Crippen LogP contribution in [0.2, 0.25) is 0 Å². The second-order valence-electron chi connectivity index (χ2n) is 7.11. The Morgan fingerprint density at radius 3 is 2.71 bits per heavy atom. The first-order valence-electron chi connectivity index (χ1n) is 10.3. The molecule has 0 aliphatic carbocycles. The molecule has 1 aliphatic rings. The Hall–Kier alpha value is -3.64. The number of nitrogens with one attached hydrogen (secondary N) is 1. The van der Waals surface area contributed by atoms with Crippen LogP contribution in [0, 0.1) is 0 Å². The second-order valence-corrected chi connectivity index (χ2v) is 7.11.